The number of ether oxygens (including phenoxy) is 2. The van der Waals surface area contributed by atoms with Gasteiger partial charge in [0.2, 0.25) is 12.2 Å². The third kappa shape index (κ3) is 3.56. The smallest absolute Gasteiger partial charge is 0.223 e. The summed E-state index contributed by atoms with van der Waals surface area (Å²) in [5.41, 5.74) is 0.855. The van der Waals surface area contributed by atoms with Crippen molar-refractivity contribution in [3.63, 3.8) is 0 Å². The molecule has 0 aromatic heterocycles. The molecule has 0 aliphatic carbocycles. The highest BCUT2D eigenvalue weighted by atomic mass is 16.7. The van der Waals surface area contributed by atoms with Crippen molar-refractivity contribution in [1.82, 2.24) is 5.32 Å². The highest BCUT2D eigenvalue weighted by molar-refractivity contribution is 5.73. The van der Waals surface area contributed by atoms with Crippen molar-refractivity contribution in [2.24, 2.45) is 0 Å². The summed E-state index contributed by atoms with van der Waals surface area (Å²) in [7, 11) is 0. The van der Waals surface area contributed by atoms with E-state index in [9.17, 15) is 20.1 Å². The largest absolute Gasteiger partial charge is 0.462 e. The first kappa shape index (κ1) is 16.7. The highest BCUT2D eigenvalue weighted by Crippen LogP contribution is 2.26. The number of hydrogen-bond donors (Lipinski definition) is 4. The van der Waals surface area contributed by atoms with Crippen molar-refractivity contribution in [1.29, 1.82) is 0 Å². The second-order valence-corrected chi connectivity index (χ2v) is 5.32. The second-order valence-electron chi connectivity index (χ2n) is 5.32. The molecule has 0 unspecified atom stereocenters. The molecule has 122 valence electrons. The van der Waals surface area contributed by atoms with Crippen LogP contribution in [0.2, 0.25) is 0 Å². The molecule has 1 aromatic carbocycles. The lowest BCUT2D eigenvalue weighted by Gasteiger charge is -2.42. The minimum absolute atomic E-state index is 0.388. The number of amides is 1. The number of aliphatic hydroxyl groups is 3. The van der Waals surface area contributed by atoms with Crippen molar-refractivity contribution in [3.05, 3.63) is 29.8 Å². The van der Waals surface area contributed by atoms with E-state index >= 15 is 0 Å². The maximum absolute atomic E-state index is 11.3. The van der Waals surface area contributed by atoms with Gasteiger partial charge in [-0.2, -0.15) is 0 Å². The monoisotopic (exact) mass is 311 g/mol. The molecule has 0 saturated carbocycles. The summed E-state index contributed by atoms with van der Waals surface area (Å²) < 4.78 is 11.2. The molecule has 7 nitrogen and oxygen atoms in total. The molecule has 2 rings (SSSR count). The van der Waals surface area contributed by atoms with Gasteiger partial charge in [-0.25, -0.2) is 0 Å². The van der Waals surface area contributed by atoms with E-state index < -0.39 is 37.3 Å². The van der Waals surface area contributed by atoms with Crippen molar-refractivity contribution in [2.75, 3.05) is 6.61 Å². The highest BCUT2D eigenvalue weighted by Gasteiger charge is 2.46. The molecule has 1 fully saturated rings. The molecule has 0 bridgehead atoms. The summed E-state index contributed by atoms with van der Waals surface area (Å²) in [5, 5.41) is 31.8. The summed E-state index contributed by atoms with van der Waals surface area (Å²) in [4.78, 5) is 11.3. The summed E-state index contributed by atoms with van der Waals surface area (Å²) >= 11 is 0. The predicted octanol–water partition coefficient (Wildman–Crippen LogP) is -0.682. The quantitative estimate of drug-likeness (QED) is 0.587. The molecule has 1 saturated heterocycles. The fraction of sp³-hybridized carbons (Fsp3) is 0.533. The average Bonchev–Trinajstić information content (AvgIpc) is 2.48. The van der Waals surface area contributed by atoms with E-state index in [2.05, 4.69) is 5.32 Å². The van der Waals surface area contributed by atoms with E-state index in [-0.39, 0.29) is 5.91 Å². The first-order valence-corrected chi connectivity index (χ1v) is 7.06. The zero-order chi connectivity index (χ0) is 16.3. The lowest BCUT2D eigenvalue weighted by molar-refractivity contribution is -0.244. The molecule has 5 atom stereocenters. The molecule has 1 amide bonds. The fourth-order valence-corrected chi connectivity index (χ4v) is 2.38. The molecule has 0 spiro atoms. The third-order valence-corrected chi connectivity index (χ3v) is 3.59. The molecular weight excluding hydrogens is 290 g/mol. The SMILES string of the molecule is CC(=O)N[C@@H]1[C@H](Oc2ccccc2C)O[C@H](CO)[C@H](O)[C@H]1O. The van der Waals surface area contributed by atoms with Gasteiger partial charge in [0.15, 0.2) is 0 Å². The maximum atomic E-state index is 11.3. The number of benzene rings is 1. The van der Waals surface area contributed by atoms with Gasteiger partial charge in [-0.1, -0.05) is 18.2 Å². The molecule has 4 N–H and O–H groups in total. The number of carbonyl (C=O) groups excluding carboxylic acids is 1. The number of aryl methyl sites for hydroxylation is 1. The van der Waals surface area contributed by atoms with Crippen molar-refractivity contribution in [3.8, 4) is 5.75 Å². The van der Waals surface area contributed by atoms with Gasteiger partial charge in [-0.15, -0.1) is 0 Å². The predicted molar refractivity (Wildman–Crippen MR) is 77.2 cm³/mol. The van der Waals surface area contributed by atoms with Gasteiger partial charge in [-0.3, -0.25) is 4.79 Å². The number of carbonyl (C=O) groups is 1. The topological polar surface area (TPSA) is 108 Å². The van der Waals surface area contributed by atoms with Crippen LogP contribution >= 0.6 is 0 Å². The molecule has 0 radical (unpaired) electrons. The molecule has 1 heterocycles. The maximum Gasteiger partial charge on any atom is 0.223 e. The Hall–Kier alpha value is -1.67. The van der Waals surface area contributed by atoms with Gasteiger partial charge in [0.25, 0.3) is 0 Å². The Balaban J connectivity index is 2.23. The number of hydrogen-bond acceptors (Lipinski definition) is 6. The van der Waals surface area contributed by atoms with Gasteiger partial charge in [0.05, 0.1) is 6.61 Å². The van der Waals surface area contributed by atoms with E-state index in [0.29, 0.717) is 5.75 Å². The molecule has 1 aromatic rings. The Labute approximate surface area is 128 Å². The first-order chi connectivity index (χ1) is 10.4. The minimum atomic E-state index is -1.32. The van der Waals surface area contributed by atoms with Crippen LogP contribution in [0.5, 0.6) is 5.75 Å². The van der Waals surface area contributed by atoms with Crippen LogP contribution in [0.15, 0.2) is 24.3 Å². The van der Waals surface area contributed by atoms with E-state index in [0.717, 1.165) is 5.56 Å². The fourth-order valence-electron chi connectivity index (χ4n) is 2.38. The van der Waals surface area contributed by atoms with Crippen LogP contribution in [-0.2, 0) is 9.53 Å². The zero-order valence-corrected chi connectivity index (χ0v) is 12.5. The molecule has 1 aliphatic rings. The standard InChI is InChI=1S/C15H21NO6/c1-8-5-3-4-6-10(8)21-15-12(16-9(2)18)14(20)13(19)11(7-17)22-15/h3-6,11-15,17,19-20H,7H2,1-2H3,(H,16,18)/t11-,12+,13+,14+,15-/m1/s1. The lowest BCUT2D eigenvalue weighted by Crippen LogP contribution is -2.65. The number of para-hydroxylation sites is 1. The van der Waals surface area contributed by atoms with E-state index in [1.807, 2.05) is 19.1 Å². The minimum Gasteiger partial charge on any atom is -0.462 e. The van der Waals surface area contributed by atoms with Crippen molar-refractivity contribution in [2.45, 2.75) is 44.5 Å². The Kier molecular flexibility index (Phi) is 5.36. The normalized spacial score (nSPS) is 31.6. The van der Waals surface area contributed by atoms with Gasteiger partial charge < -0.3 is 30.1 Å². The Morgan fingerprint density at radius 1 is 1.32 bits per heavy atom. The van der Waals surface area contributed by atoms with Gasteiger partial charge in [0.1, 0.15) is 30.1 Å². The first-order valence-electron chi connectivity index (χ1n) is 7.06. The Morgan fingerprint density at radius 3 is 2.59 bits per heavy atom. The lowest BCUT2D eigenvalue weighted by atomic mass is 9.97. The van der Waals surface area contributed by atoms with Crippen LogP contribution in [0.3, 0.4) is 0 Å². The van der Waals surface area contributed by atoms with Crippen LogP contribution in [0.1, 0.15) is 12.5 Å². The van der Waals surface area contributed by atoms with Gasteiger partial charge in [-0.05, 0) is 18.6 Å². The Morgan fingerprint density at radius 2 is 2.00 bits per heavy atom. The third-order valence-electron chi connectivity index (χ3n) is 3.59. The van der Waals surface area contributed by atoms with Crippen LogP contribution in [-0.4, -0.2) is 58.5 Å². The van der Waals surface area contributed by atoms with Crippen molar-refractivity contribution >= 4 is 5.91 Å². The van der Waals surface area contributed by atoms with E-state index in [4.69, 9.17) is 9.47 Å². The van der Waals surface area contributed by atoms with Gasteiger partial charge >= 0.3 is 0 Å². The van der Waals surface area contributed by atoms with Crippen LogP contribution in [0.4, 0.5) is 0 Å². The number of nitrogens with one attached hydrogen (secondary N) is 1. The van der Waals surface area contributed by atoms with Crippen LogP contribution in [0, 0.1) is 6.92 Å². The van der Waals surface area contributed by atoms with Gasteiger partial charge in [0, 0.05) is 6.92 Å². The van der Waals surface area contributed by atoms with E-state index in [1.165, 1.54) is 6.92 Å². The summed E-state index contributed by atoms with van der Waals surface area (Å²) in [6.07, 6.45) is -4.66. The molecule has 22 heavy (non-hydrogen) atoms. The average molecular weight is 311 g/mol. The molecule has 1 aliphatic heterocycles. The van der Waals surface area contributed by atoms with Crippen LogP contribution < -0.4 is 10.1 Å². The number of aliphatic hydroxyl groups excluding tert-OH is 3. The van der Waals surface area contributed by atoms with E-state index in [1.54, 1.807) is 12.1 Å². The Bertz CT molecular complexity index is 523. The molecule has 7 heteroatoms. The zero-order valence-electron chi connectivity index (χ0n) is 12.5. The summed E-state index contributed by atoms with van der Waals surface area (Å²) in [6, 6.07) is 6.27. The molecular formula is C15H21NO6. The second kappa shape index (κ2) is 7.06. The summed E-state index contributed by atoms with van der Waals surface area (Å²) in [5.74, 6) is 0.142. The summed E-state index contributed by atoms with van der Waals surface area (Å²) in [6.45, 7) is 2.67. The number of rotatable bonds is 4. The van der Waals surface area contributed by atoms with Crippen molar-refractivity contribution < 1.29 is 29.6 Å². The van der Waals surface area contributed by atoms with Crippen LogP contribution in [0.25, 0.3) is 0 Å².